The van der Waals surface area contributed by atoms with Crippen LogP contribution in [0.1, 0.15) is 14.6 Å². The molecule has 0 radical (unpaired) electrons. The lowest BCUT2D eigenvalue weighted by atomic mass is 10.2. The molecule has 0 saturated carbocycles. The van der Waals surface area contributed by atoms with E-state index in [4.69, 9.17) is 8.22 Å². The van der Waals surface area contributed by atoms with Crippen LogP contribution in [0.3, 0.4) is 0 Å². The normalized spacial score (nSPS) is 18.0. The van der Waals surface area contributed by atoms with Crippen LogP contribution in [0.5, 0.6) is 0 Å². The van der Waals surface area contributed by atoms with Crippen LogP contribution in [0.15, 0.2) is 58.3 Å². The van der Waals surface area contributed by atoms with Gasteiger partial charge in [-0.2, -0.15) is 0 Å². The molecule has 112 valence electrons. The molecule has 4 heteroatoms. The summed E-state index contributed by atoms with van der Waals surface area (Å²) < 4.78 is 44.9. The summed E-state index contributed by atoms with van der Waals surface area (Å²) in [7, 11) is 0. The van der Waals surface area contributed by atoms with E-state index in [0.29, 0.717) is 17.9 Å². The zero-order valence-corrected chi connectivity index (χ0v) is 13.1. The van der Waals surface area contributed by atoms with E-state index in [-0.39, 0.29) is 19.0 Å². The molecule has 1 heterocycles. The maximum atomic E-state index is 7.48. The molecule has 0 aliphatic carbocycles. The third-order valence-corrected chi connectivity index (χ3v) is 4.43. The van der Waals surface area contributed by atoms with Crippen LogP contribution in [0.4, 0.5) is 11.4 Å². The molecule has 0 atom stereocenters. The molecule has 0 aromatic heterocycles. The van der Waals surface area contributed by atoms with Crippen LogP contribution >= 0.6 is 24.2 Å². The van der Waals surface area contributed by atoms with Gasteiger partial charge in [0.2, 0.25) is 0 Å². The fourth-order valence-electron chi connectivity index (χ4n) is 2.41. The first-order valence-corrected chi connectivity index (χ1v) is 7.41. The fourth-order valence-corrected chi connectivity index (χ4v) is 3.50. The summed E-state index contributed by atoms with van der Waals surface area (Å²) in [6.07, 6.45) is 0.421. The number of rotatable bonds is 4. The van der Waals surface area contributed by atoms with Crippen molar-refractivity contribution < 1.29 is 8.22 Å². The van der Waals surface area contributed by atoms with Crippen LogP contribution in [0.25, 0.3) is 0 Å². The van der Waals surface area contributed by atoms with Gasteiger partial charge in [0.15, 0.2) is 0 Å². The summed E-state index contributed by atoms with van der Waals surface area (Å²) in [5, 5.41) is 0. The smallest absolute Gasteiger partial charge is 0.0552 e. The zero-order valence-electron chi connectivity index (χ0n) is 17.5. The van der Waals surface area contributed by atoms with Gasteiger partial charge in [0.1, 0.15) is 0 Å². The lowest BCUT2D eigenvalue weighted by Gasteiger charge is -2.33. The van der Waals surface area contributed by atoms with Crippen molar-refractivity contribution in [2.45, 2.75) is 16.2 Å². The maximum Gasteiger partial charge on any atom is 0.0552 e. The van der Waals surface area contributed by atoms with Gasteiger partial charge >= 0.3 is 0 Å². The molecule has 2 aromatic rings. The molecule has 0 unspecified atom stereocenters. The van der Waals surface area contributed by atoms with Crippen molar-refractivity contribution in [2.75, 3.05) is 31.9 Å². The highest BCUT2D eigenvalue weighted by Crippen LogP contribution is 2.47. The molecule has 0 saturated heterocycles. The highest BCUT2D eigenvalue weighted by atomic mass is 35.5. The number of para-hydroxylation sites is 2. The van der Waals surface area contributed by atoms with Crippen molar-refractivity contribution >= 4 is 35.5 Å². The van der Waals surface area contributed by atoms with Gasteiger partial charge in [0.05, 0.1) is 11.4 Å². The maximum absolute atomic E-state index is 7.48. The summed E-state index contributed by atoms with van der Waals surface area (Å²) in [5.74, 6) is 0. The Labute approximate surface area is 146 Å². The van der Waals surface area contributed by atoms with Gasteiger partial charge in [-0.05, 0) is 51.2 Å². The monoisotopic (exact) mass is 326 g/mol. The number of nitrogens with zero attached hydrogens (tertiary/aromatic N) is 2. The molecule has 2 aromatic carbocycles. The summed E-state index contributed by atoms with van der Waals surface area (Å²) in [6, 6.07) is 16.1. The molecule has 0 spiro atoms. The standard InChI is InChI=1S/C17H20N2S.ClH/c1-18(2)12-7-13-19-14-8-3-5-10-16(14)20-17-11-6-4-9-15(17)19;/h3-6,8-11H,7,12-13H2,1-2H3;1H/i1D3,2D3;. The van der Waals surface area contributed by atoms with Crippen LogP contribution in [-0.4, -0.2) is 31.9 Å². The molecule has 2 nitrogen and oxygen atoms in total. The van der Waals surface area contributed by atoms with E-state index in [2.05, 4.69) is 17.0 Å². The summed E-state index contributed by atoms with van der Waals surface area (Å²) in [6.45, 7) is -4.77. The van der Waals surface area contributed by atoms with E-state index < -0.39 is 14.0 Å². The van der Waals surface area contributed by atoms with Crippen molar-refractivity contribution in [3.05, 3.63) is 48.5 Å². The topological polar surface area (TPSA) is 6.48 Å². The van der Waals surface area contributed by atoms with Crippen molar-refractivity contribution in [3.8, 4) is 0 Å². The van der Waals surface area contributed by atoms with E-state index in [0.717, 1.165) is 21.2 Å². The number of benzene rings is 2. The van der Waals surface area contributed by atoms with E-state index in [9.17, 15) is 0 Å². The third-order valence-electron chi connectivity index (χ3n) is 3.30. The Kier molecular flexibility index (Phi) is 3.36. The largest absolute Gasteiger partial charge is 0.340 e. The Morgan fingerprint density at radius 2 is 1.57 bits per heavy atom. The first-order chi connectivity index (χ1) is 12.2. The molecule has 1 aliphatic heterocycles. The zero-order chi connectivity index (χ0) is 18.9. The van der Waals surface area contributed by atoms with Gasteiger partial charge in [0, 0.05) is 24.6 Å². The molecular formula is C17H21ClN2S. The minimum atomic E-state index is -2.64. The summed E-state index contributed by atoms with van der Waals surface area (Å²) >= 11 is 1.70. The van der Waals surface area contributed by atoms with E-state index in [1.807, 2.05) is 36.4 Å². The Morgan fingerprint density at radius 3 is 2.14 bits per heavy atom. The second-order valence-corrected chi connectivity index (χ2v) is 5.78. The highest BCUT2D eigenvalue weighted by molar-refractivity contribution is 7.99. The quantitative estimate of drug-likeness (QED) is 0.806. The van der Waals surface area contributed by atoms with Crippen LogP contribution in [0.2, 0.25) is 0 Å². The van der Waals surface area contributed by atoms with E-state index in [1.165, 1.54) is 0 Å². The van der Waals surface area contributed by atoms with Crippen LogP contribution in [-0.2, 0) is 0 Å². The van der Waals surface area contributed by atoms with Crippen molar-refractivity contribution in [1.29, 1.82) is 0 Å². The van der Waals surface area contributed by atoms with E-state index >= 15 is 0 Å². The molecule has 1 aliphatic rings. The van der Waals surface area contributed by atoms with Gasteiger partial charge in [-0.1, -0.05) is 36.0 Å². The number of hydrogen-bond acceptors (Lipinski definition) is 3. The van der Waals surface area contributed by atoms with Crippen molar-refractivity contribution in [1.82, 2.24) is 4.90 Å². The average molecular weight is 327 g/mol. The molecule has 3 rings (SSSR count). The predicted molar refractivity (Wildman–Crippen MR) is 94.4 cm³/mol. The minimum absolute atomic E-state index is 0. The number of fused-ring (bicyclic) bond motifs is 2. The molecule has 21 heavy (non-hydrogen) atoms. The Hall–Kier alpha value is -1.16. The number of hydrogen-bond donors (Lipinski definition) is 0. The average Bonchev–Trinajstić information content (AvgIpc) is 2.55. The summed E-state index contributed by atoms with van der Waals surface area (Å²) in [5.41, 5.74) is 2.12. The lowest BCUT2D eigenvalue weighted by molar-refractivity contribution is 0.402. The minimum Gasteiger partial charge on any atom is -0.340 e. The Morgan fingerprint density at radius 1 is 1.00 bits per heavy atom. The van der Waals surface area contributed by atoms with Gasteiger partial charge in [-0.15, -0.1) is 12.4 Å². The molecule has 0 N–H and O–H groups in total. The Balaban J connectivity index is 0.00000261. The first-order valence-electron chi connectivity index (χ1n) is 9.59. The second-order valence-electron chi connectivity index (χ2n) is 4.69. The lowest BCUT2D eigenvalue weighted by Crippen LogP contribution is -2.25. The number of anilines is 2. The molecule has 0 amide bonds. The van der Waals surface area contributed by atoms with Gasteiger partial charge in [0.25, 0.3) is 0 Å². The SMILES string of the molecule is Cl.[2H]C([2H])([2H])N(CCCN1c2ccccc2Sc2ccccc21)C([2H])([2H])[2H]. The van der Waals surface area contributed by atoms with Gasteiger partial charge < -0.3 is 9.80 Å². The summed E-state index contributed by atoms with van der Waals surface area (Å²) in [4.78, 5) is 5.03. The number of halogens is 1. The van der Waals surface area contributed by atoms with Crippen molar-refractivity contribution in [2.24, 2.45) is 0 Å². The molecule has 0 bridgehead atoms. The predicted octanol–water partition coefficient (Wildman–Crippen LogP) is 4.66. The molecule has 0 fully saturated rings. The Bertz CT molecular complexity index is 721. The van der Waals surface area contributed by atoms with Gasteiger partial charge in [-0.3, -0.25) is 0 Å². The second kappa shape index (κ2) is 7.21. The fraction of sp³-hybridized carbons (Fsp3) is 0.294. The first kappa shape index (κ1) is 9.78. The third kappa shape index (κ3) is 3.54. The van der Waals surface area contributed by atoms with E-state index in [1.54, 1.807) is 11.8 Å². The van der Waals surface area contributed by atoms with Crippen molar-refractivity contribution in [3.63, 3.8) is 0 Å². The van der Waals surface area contributed by atoms with Crippen LogP contribution in [0, 0.1) is 0 Å². The van der Waals surface area contributed by atoms with Crippen LogP contribution < -0.4 is 4.90 Å². The highest BCUT2D eigenvalue weighted by Gasteiger charge is 2.22. The molecular weight excluding hydrogens is 300 g/mol. The van der Waals surface area contributed by atoms with Gasteiger partial charge in [-0.25, -0.2) is 0 Å².